The van der Waals surface area contributed by atoms with Gasteiger partial charge in [0.25, 0.3) is 0 Å². The third kappa shape index (κ3) is 6.58. The molecule has 0 amide bonds. The molecule has 0 unspecified atom stereocenters. The number of rotatable bonds is 10. The van der Waals surface area contributed by atoms with Gasteiger partial charge in [0.2, 0.25) is 0 Å². The highest BCUT2D eigenvalue weighted by Gasteiger charge is 2.30. The van der Waals surface area contributed by atoms with E-state index in [0.717, 1.165) is 42.1 Å². The van der Waals surface area contributed by atoms with Crippen LogP contribution in [0.2, 0.25) is 0 Å². The third-order valence-electron chi connectivity index (χ3n) is 2.22. The van der Waals surface area contributed by atoms with E-state index >= 15 is 0 Å². The van der Waals surface area contributed by atoms with E-state index in [1.165, 1.54) is 0 Å². The predicted octanol–water partition coefficient (Wildman–Crippen LogP) is 1.15. The summed E-state index contributed by atoms with van der Waals surface area (Å²) in [7, 11) is 0.769. The van der Waals surface area contributed by atoms with Crippen LogP contribution in [0, 0.1) is 0 Å². The predicted molar refractivity (Wildman–Crippen MR) is 69.6 cm³/mol. The molecule has 0 aromatic carbocycles. The molecule has 0 atom stereocenters. The Morgan fingerprint density at radius 3 is 2.13 bits per heavy atom. The quantitative estimate of drug-likeness (QED) is 0.359. The molecule has 0 rings (SSSR count). The summed E-state index contributed by atoms with van der Waals surface area (Å²) in [5, 5.41) is 0. The van der Waals surface area contributed by atoms with E-state index in [1.54, 1.807) is 0 Å². The van der Waals surface area contributed by atoms with Crippen LogP contribution in [0.4, 0.5) is 0 Å². The summed E-state index contributed by atoms with van der Waals surface area (Å²) in [6, 6.07) is 0. The maximum absolute atomic E-state index is 5.75. The van der Waals surface area contributed by atoms with Gasteiger partial charge in [-0.3, -0.25) is 0 Å². The van der Waals surface area contributed by atoms with Gasteiger partial charge in [-0.1, -0.05) is 0 Å². The van der Waals surface area contributed by atoms with Gasteiger partial charge < -0.3 is 13.9 Å². The van der Waals surface area contributed by atoms with E-state index in [9.17, 15) is 0 Å². The van der Waals surface area contributed by atoms with Crippen molar-refractivity contribution in [1.82, 2.24) is 0 Å². The first-order chi connectivity index (χ1) is 7.24. The highest BCUT2D eigenvalue weighted by molar-refractivity contribution is 7.80. The zero-order valence-electron chi connectivity index (χ0n) is 10.1. The van der Waals surface area contributed by atoms with Crippen molar-refractivity contribution in [1.29, 1.82) is 0 Å². The normalized spacial score (nSPS) is 12.2. The summed E-state index contributed by atoms with van der Waals surface area (Å²) >= 11 is 4.22. The molecule has 0 aliphatic rings. The van der Waals surface area contributed by atoms with Crippen LogP contribution in [0.25, 0.3) is 0 Å². The summed E-state index contributed by atoms with van der Waals surface area (Å²) in [6.07, 6.45) is 2.71. The second-order valence-corrected chi connectivity index (χ2v) is 4.37. The molecule has 5 heteroatoms. The fourth-order valence-electron chi connectivity index (χ4n) is 1.59. The Balaban J connectivity index is 4.26. The SMILES string of the molecule is CCOC(CCCS)(CCO[SiH3])OCC. The van der Waals surface area contributed by atoms with Crippen LogP contribution in [-0.2, 0) is 13.9 Å². The van der Waals surface area contributed by atoms with Crippen molar-refractivity contribution in [2.24, 2.45) is 0 Å². The second kappa shape index (κ2) is 9.66. The Hall–Kier alpha value is 0.447. The zero-order chi connectivity index (χ0) is 11.6. The highest BCUT2D eigenvalue weighted by Crippen LogP contribution is 2.24. The van der Waals surface area contributed by atoms with E-state index < -0.39 is 5.79 Å². The first-order valence-corrected chi connectivity index (χ1v) is 7.07. The van der Waals surface area contributed by atoms with E-state index in [4.69, 9.17) is 13.9 Å². The molecule has 92 valence electrons. The van der Waals surface area contributed by atoms with Crippen molar-refractivity contribution in [3.05, 3.63) is 0 Å². The van der Waals surface area contributed by atoms with E-state index in [-0.39, 0.29) is 0 Å². The molecule has 0 aromatic rings. The fraction of sp³-hybridized carbons (Fsp3) is 1.00. The largest absolute Gasteiger partial charge is 0.428 e. The standard InChI is InChI=1S/C10H24O3SSi/c1-3-11-10(12-4-2,6-5-9-14)7-8-13-15/h14H,3-9H2,1-2,15H3. The van der Waals surface area contributed by atoms with Crippen LogP contribution < -0.4 is 0 Å². The van der Waals surface area contributed by atoms with Crippen LogP contribution in [0.15, 0.2) is 0 Å². The first-order valence-electron chi connectivity index (χ1n) is 5.62. The van der Waals surface area contributed by atoms with Crippen molar-refractivity contribution in [3.63, 3.8) is 0 Å². The van der Waals surface area contributed by atoms with Crippen LogP contribution >= 0.6 is 12.6 Å². The summed E-state index contributed by atoms with van der Waals surface area (Å²) < 4.78 is 16.7. The molecule has 15 heavy (non-hydrogen) atoms. The van der Waals surface area contributed by atoms with Crippen molar-refractivity contribution in [2.45, 2.75) is 38.9 Å². The molecule has 0 aliphatic heterocycles. The Morgan fingerprint density at radius 1 is 1.13 bits per heavy atom. The van der Waals surface area contributed by atoms with Gasteiger partial charge in [-0.05, 0) is 26.0 Å². The Labute approximate surface area is 102 Å². The summed E-state index contributed by atoms with van der Waals surface area (Å²) in [4.78, 5) is 0. The summed E-state index contributed by atoms with van der Waals surface area (Å²) in [5.41, 5.74) is 0. The maximum Gasteiger partial charge on any atom is 0.170 e. The van der Waals surface area contributed by atoms with Gasteiger partial charge in [0.1, 0.15) is 10.5 Å². The van der Waals surface area contributed by atoms with Crippen LogP contribution in [0.1, 0.15) is 33.1 Å². The lowest BCUT2D eigenvalue weighted by molar-refractivity contribution is -0.243. The van der Waals surface area contributed by atoms with Gasteiger partial charge in [0.15, 0.2) is 5.79 Å². The van der Waals surface area contributed by atoms with Gasteiger partial charge >= 0.3 is 0 Å². The monoisotopic (exact) mass is 252 g/mol. The minimum Gasteiger partial charge on any atom is -0.428 e. The molecule has 0 saturated heterocycles. The van der Waals surface area contributed by atoms with Crippen LogP contribution in [0.3, 0.4) is 0 Å². The minimum absolute atomic E-state index is 0.448. The highest BCUT2D eigenvalue weighted by atomic mass is 32.1. The average Bonchev–Trinajstić information content (AvgIpc) is 2.24. The van der Waals surface area contributed by atoms with Crippen molar-refractivity contribution in [3.8, 4) is 0 Å². The van der Waals surface area contributed by atoms with E-state index in [2.05, 4.69) is 12.6 Å². The maximum atomic E-state index is 5.75. The van der Waals surface area contributed by atoms with Gasteiger partial charge in [0.05, 0.1) is 0 Å². The summed E-state index contributed by atoms with van der Waals surface area (Å²) in [6.45, 7) is 6.06. The zero-order valence-corrected chi connectivity index (χ0v) is 13.0. The molecule has 0 aliphatic carbocycles. The molecule has 0 saturated carbocycles. The number of ether oxygens (including phenoxy) is 2. The van der Waals surface area contributed by atoms with E-state index in [0.29, 0.717) is 13.2 Å². The van der Waals surface area contributed by atoms with Crippen molar-refractivity contribution < 1.29 is 13.9 Å². The number of thiol groups is 1. The van der Waals surface area contributed by atoms with Crippen molar-refractivity contribution in [2.75, 3.05) is 25.6 Å². The molecule has 3 nitrogen and oxygen atoms in total. The smallest absolute Gasteiger partial charge is 0.170 e. The first kappa shape index (κ1) is 15.4. The molecule has 0 spiro atoms. The molecule has 0 heterocycles. The summed E-state index contributed by atoms with van der Waals surface area (Å²) in [5.74, 6) is 0.417. The Bertz CT molecular complexity index is 131. The van der Waals surface area contributed by atoms with Gasteiger partial charge in [-0.15, -0.1) is 0 Å². The molecular formula is C10H24O3SSi. The van der Waals surface area contributed by atoms with Gasteiger partial charge in [-0.25, -0.2) is 0 Å². The topological polar surface area (TPSA) is 27.7 Å². The lowest BCUT2D eigenvalue weighted by atomic mass is 10.1. The van der Waals surface area contributed by atoms with E-state index in [1.807, 2.05) is 13.8 Å². The van der Waals surface area contributed by atoms with Crippen molar-refractivity contribution >= 4 is 23.1 Å². The number of hydrogen-bond donors (Lipinski definition) is 1. The number of hydrogen-bond acceptors (Lipinski definition) is 4. The molecule has 0 N–H and O–H groups in total. The van der Waals surface area contributed by atoms with Crippen LogP contribution in [-0.4, -0.2) is 41.8 Å². The fourth-order valence-corrected chi connectivity index (χ4v) is 1.95. The molecular weight excluding hydrogens is 228 g/mol. The molecule has 0 bridgehead atoms. The average molecular weight is 252 g/mol. The lowest BCUT2D eigenvalue weighted by Crippen LogP contribution is -2.37. The third-order valence-corrected chi connectivity index (χ3v) is 2.94. The Morgan fingerprint density at radius 2 is 1.73 bits per heavy atom. The Kier molecular flexibility index (Phi) is 9.94. The lowest BCUT2D eigenvalue weighted by Gasteiger charge is -2.33. The van der Waals surface area contributed by atoms with Gasteiger partial charge in [-0.2, -0.15) is 12.6 Å². The molecule has 0 radical (unpaired) electrons. The van der Waals surface area contributed by atoms with Gasteiger partial charge in [0, 0.05) is 32.7 Å². The van der Waals surface area contributed by atoms with Crippen LogP contribution in [0.5, 0.6) is 0 Å². The second-order valence-electron chi connectivity index (χ2n) is 3.35. The molecule has 0 fully saturated rings. The minimum atomic E-state index is -0.448. The molecule has 0 aromatic heterocycles.